The van der Waals surface area contributed by atoms with Crippen LogP contribution >= 0.6 is 11.3 Å². The van der Waals surface area contributed by atoms with E-state index in [0.717, 1.165) is 16.0 Å². The highest BCUT2D eigenvalue weighted by molar-refractivity contribution is 7.10. The standard InChI is InChI=1S/C20H20N4O3S/c1-13-6-7-28-18(13)11-22-20(26)17-9-16(23-12-24-17)19(25)21-10-14-4-3-5-15(8-14)27-2/h3-9,12H,10-11H2,1-2H3,(H,21,25)(H,22,26). The van der Waals surface area contributed by atoms with E-state index < -0.39 is 0 Å². The van der Waals surface area contributed by atoms with Gasteiger partial charge in [0, 0.05) is 17.5 Å². The van der Waals surface area contributed by atoms with Gasteiger partial charge in [0.1, 0.15) is 23.5 Å². The molecule has 8 heteroatoms. The van der Waals surface area contributed by atoms with Crippen molar-refractivity contribution in [2.24, 2.45) is 0 Å². The van der Waals surface area contributed by atoms with E-state index in [1.807, 2.05) is 42.6 Å². The number of thiophene rings is 1. The minimum atomic E-state index is -0.381. The molecule has 0 spiro atoms. The molecule has 0 aliphatic carbocycles. The molecule has 0 bridgehead atoms. The van der Waals surface area contributed by atoms with Crippen molar-refractivity contribution in [3.63, 3.8) is 0 Å². The molecule has 3 aromatic rings. The molecule has 0 fully saturated rings. The first-order chi connectivity index (χ1) is 13.6. The predicted molar refractivity (Wildman–Crippen MR) is 106 cm³/mol. The summed E-state index contributed by atoms with van der Waals surface area (Å²) in [6, 6.07) is 10.8. The van der Waals surface area contributed by atoms with Crippen molar-refractivity contribution in [1.82, 2.24) is 20.6 Å². The van der Waals surface area contributed by atoms with Crippen LogP contribution in [0.5, 0.6) is 5.75 Å². The second-order valence-electron chi connectivity index (χ2n) is 6.03. The van der Waals surface area contributed by atoms with Gasteiger partial charge in [-0.2, -0.15) is 0 Å². The Kier molecular flexibility index (Phi) is 6.33. The molecule has 2 N–H and O–H groups in total. The highest BCUT2D eigenvalue weighted by atomic mass is 32.1. The van der Waals surface area contributed by atoms with Gasteiger partial charge in [0.05, 0.1) is 13.7 Å². The third kappa shape index (κ3) is 4.92. The first-order valence-electron chi connectivity index (χ1n) is 8.61. The van der Waals surface area contributed by atoms with Crippen LogP contribution in [0.25, 0.3) is 0 Å². The molecule has 0 aliphatic heterocycles. The molecule has 0 unspecified atom stereocenters. The van der Waals surface area contributed by atoms with E-state index in [0.29, 0.717) is 18.8 Å². The van der Waals surface area contributed by atoms with Gasteiger partial charge >= 0.3 is 0 Å². The predicted octanol–water partition coefficient (Wildman–Crippen LogP) is 2.72. The van der Waals surface area contributed by atoms with Crippen molar-refractivity contribution in [2.75, 3.05) is 7.11 Å². The molecular weight excluding hydrogens is 376 g/mol. The third-order valence-corrected chi connectivity index (χ3v) is 5.12. The maximum absolute atomic E-state index is 12.4. The summed E-state index contributed by atoms with van der Waals surface area (Å²) < 4.78 is 5.17. The third-order valence-electron chi connectivity index (χ3n) is 4.10. The van der Waals surface area contributed by atoms with Crippen LogP contribution in [0.3, 0.4) is 0 Å². The molecule has 144 valence electrons. The first-order valence-corrected chi connectivity index (χ1v) is 9.49. The van der Waals surface area contributed by atoms with Gasteiger partial charge in [0.2, 0.25) is 0 Å². The molecule has 0 aliphatic rings. The summed E-state index contributed by atoms with van der Waals surface area (Å²) >= 11 is 1.58. The summed E-state index contributed by atoms with van der Waals surface area (Å²) in [6.07, 6.45) is 1.21. The average Bonchev–Trinajstić information content (AvgIpc) is 3.15. The summed E-state index contributed by atoms with van der Waals surface area (Å²) in [5, 5.41) is 7.57. The van der Waals surface area contributed by atoms with E-state index in [2.05, 4.69) is 20.6 Å². The largest absolute Gasteiger partial charge is 0.497 e. The van der Waals surface area contributed by atoms with Gasteiger partial charge < -0.3 is 15.4 Å². The second kappa shape index (κ2) is 9.09. The molecule has 0 radical (unpaired) electrons. The Morgan fingerprint density at radius 1 is 1.04 bits per heavy atom. The van der Waals surface area contributed by atoms with Crippen LogP contribution < -0.4 is 15.4 Å². The number of benzene rings is 1. The lowest BCUT2D eigenvalue weighted by Crippen LogP contribution is -2.27. The monoisotopic (exact) mass is 396 g/mol. The lowest BCUT2D eigenvalue weighted by atomic mass is 10.2. The minimum Gasteiger partial charge on any atom is -0.497 e. The van der Waals surface area contributed by atoms with Crippen LogP contribution in [0.1, 0.15) is 37.0 Å². The summed E-state index contributed by atoms with van der Waals surface area (Å²) in [4.78, 5) is 33.7. The van der Waals surface area contributed by atoms with E-state index >= 15 is 0 Å². The van der Waals surface area contributed by atoms with E-state index in [9.17, 15) is 9.59 Å². The summed E-state index contributed by atoms with van der Waals surface area (Å²) in [5.74, 6) is -0.0147. The maximum atomic E-state index is 12.4. The molecule has 2 amide bonds. The van der Waals surface area contributed by atoms with Gasteiger partial charge in [-0.25, -0.2) is 9.97 Å². The Hall–Kier alpha value is -3.26. The lowest BCUT2D eigenvalue weighted by molar-refractivity contribution is 0.0944. The topological polar surface area (TPSA) is 93.2 Å². The molecule has 3 rings (SSSR count). The van der Waals surface area contributed by atoms with Gasteiger partial charge in [-0.1, -0.05) is 12.1 Å². The van der Waals surface area contributed by atoms with E-state index in [4.69, 9.17) is 4.74 Å². The van der Waals surface area contributed by atoms with E-state index in [1.165, 1.54) is 12.4 Å². The summed E-state index contributed by atoms with van der Waals surface area (Å²) in [5.41, 5.74) is 2.31. The molecule has 2 aromatic heterocycles. The minimum absolute atomic E-state index is 0.135. The fourth-order valence-corrected chi connectivity index (χ4v) is 3.34. The summed E-state index contributed by atoms with van der Waals surface area (Å²) in [6.45, 7) is 2.73. The number of nitrogens with one attached hydrogen (secondary N) is 2. The average molecular weight is 396 g/mol. The fourth-order valence-electron chi connectivity index (χ4n) is 2.50. The number of carbonyl (C=O) groups is 2. The van der Waals surface area contributed by atoms with E-state index in [1.54, 1.807) is 18.4 Å². The highest BCUT2D eigenvalue weighted by Gasteiger charge is 2.13. The van der Waals surface area contributed by atoms with Gasteiger partial charge in [-0.3, -0.25) is 9.59 Å². The zero-order valence-electron chi connectivity index (χ0n) is 15.6. The van der Waals surface area contributed by atoms with Crippen molar-refractivity contribution in [3.05, 3.63) is 75.5 Å². The van der Waals surface area contributed by atoms with Crippen LogP contribution in [0.4, 0.5) is 0 Å². The van der Waals surface area contributed by atoms with Crippen LogP contribution in [-0.2, 0) is 13.1 Å². The lowest BCUT2D eigenvalue weighted by Gasteiger charge is -2.08. The molecule has 1 aromatic carbocycles. The number of aromatic nitrogens is 2. The quantitative estimate of drug-likeness (QED) is 0.641. The van der Waals surface area contributed by atoms with Gasteiger partial charge in [-0.15, -0.1) is 11.3 Å². The zero-order chi connectivity index (χ0) is 19.9. The number of aryl methyl sites for hydroxylation is 1. The Morgan fingerprint density at radius 3 is 2.39 bits per heavy atom. The van der Waals surface area contributed by atoms with Crippen molar-refractivity contribution < 1.29 is 14.3 Å². The van der Waals surface area contributed by atoms with Crippen LogP contribution in [-0.4, -0.2) is 28.9 Å². The van der Waals surface area contributed by atoms with Crippen LogP contribution in [0, 0.1) is 6.92 Å². The van der Waals surface area contributed by atoms with Gasteiger partial charge in [-0.05, 0) is 41.6 Å². The van der Waals surface area contributed by atoms with E-state index in [-0.39, 0.29) is 23.2 Å². The zero-order valence-corrected chi connectivity index (χ0v) is 16.4. The van der Waals surface area contributed by atoms with Crippen molar-refractivity contribution >= 4 is 23.2 Å². The highest BCUT2D eigenvalue weighted by Crippen LogP contribution is 2.15. The molecular formula is C20H20N4O3S. The van der Waals surface area contributed by atoms with Crippen molar-refractivity contribution in [3.8, 4) is 5.75 Å². The first kappa shape index (κ1) is 19.5. The molecule has 28 heavy (non-hydrogen) atoms. The van der Waals surface area contributed by atoms with Crippen LogP contribution in [0.15, 0.2) is 48.1 Å². The smallest absolute Gasteiger partial charge is 0.270 e. The molecule has 7 nitrogen and oxygen atoms in total. The number of methoxy groups -OCH3 is 1. The number of nitrogens with zero attached hydrogens (tertiary/aromatic N) is 2. The Morgan fingerprint density at radius 2 is 1.75 bits per heavy atom. The van der Waals surface area contributed by atoms with Crippen molar-refractivity contribution in [2.45, 2.75) is 20.0 Å². The number of rotatable bonds is 7. The molecule has 0 saturated heterocycles. The fraction of sp³-hybridized carbons (Fsp3) is 0.200. The van der Waals surface area contributed by atoms with Gasteiger partial charge in [0.25, 0.3) is 11.8 Å². The maximum Gasteiger partial charge on any atom is 0.270 e. The number of carbonyl (C=O) groups excluding carboxylic acids is 2. The number of hydrogen-bond donors (Lipinski definition) is 2. The van der Waals surface area contributed by atoms with Crippen LogP contribution in [0.2, 0.25) is 0 Å². The Balaban J connectivity index is 1.60. The number of ether oxygens (including phenoxy) is 1. The molecule has 2 heterocycles. The number of amides is 2. The SMILES string of the molecule is COc1cccc(CNC(=O)c2cc(C(=O)NCc3sccc3C)ncn2)c1. The Labute approximate surface area is 166 Å². The normalized spacial score (nSPS) is 10.4. The van der Waals surface area contributed by atoms with Crippen molar-refractivity contribution in [1.29, 1.82) is 0 Å². The summed E-state index contributed by atoms with van der Waals surface area (Å²) in [7, 11) is 1.59. The number of hydrogen-bond acceptors (Lipinski definition) is 6. The molecule has 0 saturated carbocycles. The molecule has 0 atom stereocenters. The van der Waals surface area contributed by atoms with Gasteiger partial charge in [0.15, 0.2) is 0 Å². The Bertz CT molecular complexity index is 987. The second-order valence-corrected chi connectivity index (χ2v) is 7.03.